The molecule has 0 bridgehead atoms. The van der Waals surface area contributed by atoms with Crippen LogP contribution in [0.15, 0.2) is 47.6 Å². The second-order valence-electron chi connectivity index (χ2n) is 5.87. The van der Waals surface area contributed by atoms with Crippen LogP contribution in [0.4, 0.5) is 5.69 Å². The number of carbonyl (C=O) groups is 2. The summed E-state index contributed by atoms with van der Waals surface area (Å²) in [5.41, 5.74) is 5.32. The third-order valence-electron chi connectivity index (χ3n) is 3.52. The van der Waals surface area contributed by atoms with Crippen LogP contribution >= 0.6 is 23.2 Å². The van der Waals surface area contributed by atoms with Crippen LogP contribution in [0.2, 0.25) is 10.0 Å². The minimum atomic E-state index is -0.266. The number of anilines is 1. The number of hydrogen-bond donors (Lipinski definition) is 2. The zero-order valence-corrected chi connectivity index (χ0v) is 16.0. The molecule has 2 rings (SSSR count). The second kappa shape index (κ2) is 9.36. The van der Waals surface area contributed by atoms with Gasteiger partial charge in [0.15, 0.2) is 0 Å². The number of nitrogens with one attached hydrogen (secondary N) is 2. The van der Waals surface area contributed by atoms with Gasteiger partial charge in [-0.1, -0.05) is 41.4 Å². The number of nitrogens with zero attached hydrogens (tertiary/aromatic N) is 1. The lowest BCUT2D eigenvalue weighted by atomic mass is 10.1. The van der Waals surface area contributed by atoms with Crippen LogP contribution in [0.5, 0.6) is 0 Å². The maximum Gasteiger partial charge on any atom is 0.244 e. The predicted octanol–water partition coefficient (Wildman–Crippen LogP) is 4.37. The van der Waals surface area contributed by atoms with Crippen LogP contribution in [0, 0.1) is 6.92 Å². The SMILES string of the molecule is C/C(CC(=O)Nc1ccc(C)c(Cl)c1)=N\NC(=O)Cc1ccc(Cl)cc1. The van der Waals surface area contributed by atoms with E-state index in [0.29, 0.717) is 21.4 Å². The van der Waals surface area contributed by atoms with Gasteiger partial charge in [0.2, 0.25) is 11.8 Å². The van der Waals surface area contributed by atoms with Crippen LogP contribution < -0.4 is 10.7 Å². The van der Waals surface area contributed by atoms with E-state index in [0.717, 1.165) is 11.1 Å². The lowest BCUT2D eigenvalue weighted by molar-refractivity contribution is -0.120. The summed E-state index contributed by atoms with van der Waals surface area (Å²) < 4.78 is 0. The van der Waals surface area contributed by atoms with Gasteiger partial charge in [-0.2, -0.15) is 5.10 Å². The van der Waals surface area contributed by atoms with Gasteiger partial charge in [-0.25, -0.2) is 5.43 Å². The van der Waals surface area contributed by atoms with Crippen LogP contribution in [0.25, 0.3) is 0 Å². The summed E-state index contributed by atoms with van der Waals surface area (Å²) in [6.07, 6.45) is 0.245. The molecular weight excluding hydrogens is 373 g/mol. The van der Waals surface area contributed by atoms with Gasteiger partial charge in [0.05, 0.1) is 12.8 Å². The molecule has 2 aromatic carbocycles. The predicted molar refractivity (Wildman–Crippen MR) is 106 cm³/mol. The average Bonchev–Trinajstić information content (AvgIpc) is 2.58. The molecule has 2 aromatic rings. The van der Waals surface area contributed by atoms with Crippen molar-refractivity contribution in [3.8, 4) is 0 Å². The summed E-state index contributed by atoms with van der Waals surface area (Å²) >= 11 is 11.8. The zero-order chi connectivity index (χ0) is 19.1. The molecule has 0 heterocycles. The Hall–Kier alpha value is -2.37. The number of hydrogen-bond acceptors (Lipinski definition) is 3. The molecule has 0 aliphatic heterocycles. The molecule has 0 spiro atoms. The third-order valence-corrected chi connectivity index (χ3v) is 4.18. The Labute approximate surface area is 162 Å². The monoisotopic (exact) mass is 391 g/mol. The van der Waals surface area contributed by atoms with Crippen LogP contribution in [-0.2, 0) is 16.0 Å². The Balaban J connectivity index is 1.82. The fourth-order valence-electron chi connectivity index (χ4n) is 2.13. The molecule has 7 heteroatoms. The van der Waals surface area contributed by atoms with Crippen molar-refractivity contribution < 1.29 is 9.59 Å². The molecule has 26 heavy (non-hydrogen) atoms. The zero-order valence-electron chi connectivity index (χ0n) is 14.5. The second-order valence-corrected chi connectivity index (χ2v) is 6.72. The summed E-state index contributed by atoms with van der Waals surface area (Å²) in [6, 6.07) is 12.3. The molecule has 136 valence electrons. The van der Waals surface area contributed by atoms with Gasteiger partial charge in [-0.15, -0.1) is 0 Å². The van der Waals surface area contributed by atoms with Gasteiger partial charge in [0.1, 0.15) is 0 Å². The molecule has 0 fully saturated rings. The molecule has 0 radical (unpaired) electrons. The highest BCUT2D eigenvalue weighted by Gasteiger charge is 2.07. The summed E-state index contributed by atoms with van der Waals surface area (Å²) in [4.78, 5) is 23.9. The normalized spacial score (nSPS) is 11.2. The van der Waals surface area contributed by atoms with Crippen molar-refractivity contribution in [2.45, 2.75) is 26.7 Å². The maximum atomic E-state index is 12.0. The molecule has 0 saturated carbocycles. The van der Waals surface area contributed by atoms with E-state index >= 15 is 0 Å². The molecule has 0 saturated heterocycles. The number of rotatable bonds is 6. The number of aryl methyl sites for hydroxylation is 1. The fourth-order valence-corrected chi connectivity index (χ4v) is 2.44. The fraction of sp³-hybridized carbons (Fsp3) is 0.211. The molecule has 2 N–H and O–H groups in total. The van der Waals surface area contributed by atoms with E-state index in [9.17, 15) is 9.59 Å². The molecule has 5 nitrogen and oxygen atoms in total. The molecule has 0 aliphatic rings. The van der Waals surface area contributed by atoms with E-state index in [1.165, 1.54) is 0 Å². The lowest BCUT2D eigenvalue weighted by Gasteiger charge is -2.07. The highest BCUT2D eigenvalue weighted by Crippen LogP contribution is 2.20. The van der Waals surface area contributed by atoms with Gasteiger partial charge in [0.25, 0.3) is 0 Å². The van der Waals surface area contributed by atoms with Crippen molar-refractivity contribution in [3.05, 3.63) is 63.6 Å². The van der Waals surface area contributed by atoms with E-state index in [-0.39, 0.29) is 24.7 Å². The average molecular weight is 392 g/mol. The molecule has 0 atom stereocenters. The number of amides is 2. The minimum absolute atomic E-state index is 0.0622. The smallest absolute Gasteiger partial charge is 0.244 e. The maximum absolute atomic E-state index is 12.0. The van der Waals surface area contributed by atoms with Crippen LogP contribution in [-0.4, -0.2) is 17.5 Å². The van der Waals surface area contributed by atoms with Crippen LogP contribution in [0.3, 0.4) is 0 Å². The van der Waals surface area contributed by atoms with Crippen molar-refractivity contribution in [2.24, 2.45) is 5.10 Å². The van der Waals surface area contributed by atoms with E-state index in [1.54, 1.807) is 43.3 Å². The Morgan fingerprint density at radius 2 is 1.73 bits per heavy atom. The van der Waals surface area contributed by atoms with Crippen molar-refractivity contribution in [3.63, 3.8) is 0 Å². The first kappa shape index (κ1) is 19.9. The van der Waals surface area contributed by atoms with Crippen molar-refractivity contribution >= 4 is 46.4 Å². The highest BCUT2D eigenvalue weighted by atomic mass is 35.5. The summed E-state index contributed by atoms with van der Waals surface area (Å²) in [7, 11) is 0. The van der Waals surface area contributed by atoms with E-state index in [2.05, 4.69) is 15.8 Å². The lowest BCUT2D eigenvalue weighted by Crippen LogP contribution is -2.22. The first-order chi connectivity index (χ1) is 12.3. The Kier molecular flexibility index (Phi) is 7.18. The Morgan fingerprint density at radius 3 is 2.38 bits per heavy atom. The van der Waals surface area contributed by atoms with Crippen LogP contribution in [0.1, 0.15) is 24.5 Å². The molecule has 0 unspecified atom stereocenters. The van der Waals surface area contributed by atoms with Gasteiger partial charge >= 0.3 is 0 Å². The Morgan fingerprint density at radius 1 is 1.04 bits per heavy atom. The van der Waals surface area contributed by atoms with E-state index < -0.39 is 0 Å². The third kappa shape index (κ3) is 6.50. The summed E-state index contributed by atoms with van der Waals surface area (Å²) in [5, 5.41) is 7.90. The Bertz CT molecular complexity index is 833. The van der Waals surface area contributed by atoms with Gasteiger partial charge in [-0.3, -0.25) is 9.59 Å². The minimum Gasteiger partial charge on any atom is -0.326 e. The number of halogens is 2. The molecule has 2 amide bonds. The first-order valence-corrected chi connectivity index (χ1v) is 8.71. The number of hydrazone groups is 1. The summed E-state index contributed by atoms with van der Waals surface area (Å²) in [5.74, 6) is -0.504. The number of benzene rings is 2. The van der Waals surface area contributed by atoms with E-state index in [1.807, 2.05) is 13.0 Å². The van der Waals surface area contributed by atoms with E-state index in [4.69, 9.17) is 23.2 Å². The van der Waals surface area contributed by atoms with Crippen molar-refractivity contribution in [1.82, 2.24) is 5.43 Å². The molecule has 0 aliphatic carbocycles. The van der Waals surface area contributed by atoms with Gasteiger partial charge in [-0.05, 0) is 49.2 Å². The highest BCUT2D eigenvalue weighted by molar-refractivity contribution is 6.31. The standard InChI is InChI=1S/C19H19Cl2N3O2/c1-12-3-8-16(11-17(12)21)22-18(25)9-13(2)23-24-19(26)10-14-4-6-15(20)7-5-14/h3-8,11H,9-10H2,1-2H3,(H,22,25)(H,24,26)/b23-13+. The molecule has 0 aromatic heterocycles. The van der Waals surface area contributed by atoms with Gasteiger partial charge in [0, 0.05) is 21.4 Å². The molecular formula is C19H19Cl2N3O2. The summed E-state index contributed by atoms with van der Waals surface area (Å²) in [6.45, 7) is 3.56. The largest absolute Gasteiger partial charge is 0.326 e. The van der Waals surface area contributed by atoms with Crippen molar-refractivity contribution in [2.75, 3.05) is 5.32 Å². The first-order valence-electron chi connectivity index (χ1n) is 7.96. The number of carbonyl (C=O) groups excluding carboxylic acids is 2. The van der Waals surface area contributed by atoms with Gasteiger partial charge < -0.3 is 5.32 Å². The topological polar surface area (TPSA) is 70.6 Å². The quantitative estimate of drug-likeness (QED) is 0.566. The van der Waals surface area contributed by atoms with Crippen molar-refractivity contribution in [1.29, 1.82) is 0 Å².